The molecule has 4 bridgehead atoms. The van der Waals surface area contributed by atoms with Crippen molar-refractivity contribution in [1.29, 1.82) is 0 Å². The number of ether oxygens (including phenoxy) is 2. The maximum Gasteiger partial charge on any atom is 0.220 e. The van der Waals surface area contributed by atoms with Crippen LogP contribution >= 0.6 is 0 Å². The summed E-state index contributed by atoms with van der Waals surface area (Å²) in [6, 6.07) is 7.71. The fourth-order valence-corrected chi connectivity index (χ4v) is 6.30. The summed E-state index contributed by atoms with van der Waals surface area (Å²) in [7, 11) is 0. The molecule has 0 aromatic heterocycles. The Balaban J connectivity index is 1.16. The summed E-state index contributed by atoms with van der Waals surface area (Å²) in [5.41, 5.74) is 0.301. The van der Waals surface area contributed by atoms with Crippen molar-refractivity contribution in [1.82, 2.24) is 5.32 Å². The lowest BCUT2D eigenvalue weighted by Crippen LogP contribution is -2.49. The van der Waals surface area contributed by atoms with E-state index >= 15 is 0 Å². The van der Waals surface area contributed by atoms with E-state index in [0.29, 0.717) is 25.0 Å². The highest BCUT2D eigenvalue weighted by Gasteiger charge is 2.51. The van der Waals surface area contributed by atoms with E-state index in [1.54, 1.807) is 0 Å². The molecule has 1 heterocycles. The Kier molecular flexibility index (Phi) is 3.68. The average Bonchev–Trinajstić information content (AvgIpc) is 2.58. The highest BCUT2D eigenvalue weighted by atomic mass is 16.6. The minimum absolute atomic E-state index is 0.102. The average molecular weight is 341 g/mol. The summed E-state index contributed by atoms with van der Waals surface area (Å²) in [5.74, 6) is 4.44. The lowest BCUT2D eigenvalue weighted by molar-refractivity contribution is -0.129. The number of rotatable bonds is 4. The molecule has 6 rings (SSSR count). The monoisotopic (exact) mass is 341 g/mol. The lowest BCUT2D eigenvalue weighted by atomic mass is 9.49. The molecule has 134 valence electrons. The fourth-order valence-electron chi connectivity index (χ4n) is 6.30. The van der Waals surface area contributed by atoms with Gasteiger partial charge < -0.3 is 14.8 Å². The van der Waals surface area contributed by atoms with Crippen LogP contribution < -0.4 is 14.8 Å². The van der Waals surface area contributed by atoms with Gasteiger partial charge in [0, 0.05) is 6.42 Å². The minimum Gasteiger partial charge on any atom is -0.486 e. The zero-order valence-electron chi connectivity index (χ0n) is 14.7. The highest BCUT2D eigenvalue weighted by Crippen LogP contribution is 2.61. The van der Waals surface area contributed by atoms with Gasteiger partial charge in [-0.3, -0.25) is 4.79 Å². The van der Waals surface area contributed by atoms with Crippen LogP contribution in [0.5, 0.6) is 11.5 Å². The van der Waals surface area contributed by atoms with E-state index < -0.39 is 0 Å². The van der Waals surface area contributed by atoms with E-state index in [-0.39, 0.29) is 12.0 Å². The van der Waals surface area contributed by atoms with Gasteiger partial charge in [-0.2, -0.15) is 0 Å². The molecular formula is C21H27NO3. The number of carbonyl (C=O) groups excluding carboxylic acids is 1. The van der Waals surface area contributed by atoms with Crippen molar-refractivity contribution >= 4 is 5.91 Å². The first-order valence-corrected chi connectivity index (χ1v) is 9.83. The van der Waals surface area contributed by atoms with Crippen LogP contribution in [0.15, 0.2) is 24.3 Å². The molecule has 4 heteroatoms. The molecular weight excluding hydrogens is 314 g/mol. The second-order valence-corrected chi connectivity index (χ2v) is 8.90. The van der Waals surface area contributed by atoms with Crippen LogP contribution in [0.25, 0.3) is 0 Å². The van der Waals surface area contributed by atoms with Crippen LogP contribution in [0.1, 0.15) is 44.9 Å². The Labute approximate surface area is 149 Å². The molecule has 0 spiro atoms. The zero-order chi connectivity index (χ0) is 16.9. The number of benzene rings is 1. The largest absolute Gasteiger partial charge is 0.486 e. The van der Waals surface area contributed by atoms with Gasteiger partial charge in [0.25, 0.3) is 0 Å². The first kappa shape index (κ1) is 15.5. The summed E-state index contributed by atoms with van der Waals surface area (Å²) in [5, 5.41) is 3.11. The summed E-state index contributed by atoms with van der Waals surface area (Å²) < 4.78 is 11.7. The van der Waals surface area contributed by atoms with Crippen molar-refractivity contribution in [2.45, 2.75) is 51.0 Å². The topological polar surface area (TPSA) is 47.6 Å². The number of fused-ring (bicyclic) bond motifs is 1. The highest BCUT2D eigenvalue weighted by molar-refractivity contribution is 5.76. The van der Waals surface area contributed by atoms with Gasteiger partial charge in [0.2, 0.25) is 5.91 Å². The van der Waals surface area contributed by atoms with Gasteiger partial charge in [0.1, 0.15) is 12.7 Å². The Morgan fingerprint density at radius 1 is 1.04 bits per heavy atom. The van der Waals surface area contributed by atoms with Gasteiger partial charge in [-0.1, -0.05) is 12.1 Å². The molecule has 0 unspecified atom stereocenters. The maximum atomic E-state index is 12.6. The Hall–Kier alpha value is -1.71. The smallest absolute Gasteiger partial charge is 0.220 e. The Bertz CT molecular complexity index is 636. The first-order valence-electron chi connectivity index (χ1n) is 9.83. The maximum absolute atomic E-state index is 12.6. The van der Waals surface area contributed by atoms with E-state index in [4.69, 9.17) is 9.47 Å². The number of carbonyl (C=O) groups is 1. The molecule has 1 amide bonds. The second-order valence-electron chi connectivity index (χ2n) is 8.90. The summed E-state index contributed by atoms with van der Waals surface area (Å²) in [4.78, 5) is 12.6. The molecule has 4 nitrogen and oxygen atoms in total. The van der Waals surface area contributed by atoms with Crippen molar-refractivity contribution < 1.29 is 14.3 Å². The summed E-state index contributed by atoms with van der Waals surface area (Å²) in [6.45, 7) is 1.02. The Morgan fingerprint density at radius 3 is 2.36 bits per heavy atom. The second kappa shape index (κ2) is 5.93. The molecule has 1 aromatic carbocycles. The lowest BCUT2D eigenvalue weighted by Gasteiger charge is -2.56. The molecule has 5 aliphatic rings. The molecule has 0 saturated heterocycles. The van der Waals surface area contributed by atoms with Gasteiger partial charge in [-0.15, -0.1) is 0 Å². The molecule has 1 atom stereocenters. The fraction of sp³-hybridized carbons (Fsp3) is 0.667. The van der Waals surface area contributed by atoms with Gasteiger partial charge in [0.15, 0.2) is 11.5 Å². The van der Waals surface area contributed by atoms with Crippen LogP contribution in [0.2, 0.25) is 0 Å². The predicted octanol–water partition coefficient (Wildman–Crippen LogP) is 3.55. The third kappa shape index (κ3) is 3.00. The van der Waals surface area contributed by atoms with Crippen molar-refractivity contribution in [3.05, 3.63) is 24.3 Å². The molecule has 4 fully saturated rings. The standard InChI is InChI=1S/C21H27NO3/c23-20(11-21-8-14-5-15(9-21)7-16(6-14)10-21)22-12-17-13-24-18-3-1-2-4-19(18)25-17/h1-4,14-17H,5-13H2,(H,22,23)/t14?,15?,16?,17-,21?/m1/s1. The normalized spacial score (nSPS) is 37.8. The van der Waals surface area contributed by atoms with Crippen LogP contribution in [-0.2, 0) is 4.79 Å². The van der Waals surface area contributed by atoms with Crippen LogP contribution in [0.3, 0.4) is 0 Å². The minimum atomic E-state index is -0.102. The zero-order valence-corrected chi connectivity index (χ0v) is 14.7. The Morgan fingerprint density at radius 2 is 1.68 bits per heavy atom. The molecule has 4 saturated carbocycles. The third-order valence-electron chi connectivity index (χ3n) is 6.80. The van der Waals surface area contributed by atoms with Crippen LogP contribution in [-0.4, -0.2) is 25.2 Å². The summed E-state index contributed by atoms with van der Waals surface area (Å²) in [6.07, 6.45) is 8.72. The van der Waals surface area contributed by atoms with Gasteiger partial charge in [-0.25, -0.2) is 0 Å². The molecule has 1 N–H and O–H groups in total. The third-order valence-corrected chi connectivity index (χ3v) is 6.80. The van der Waals surface area contributed by atoms with Gasteiger partial charge in [-0.05, 0) is 73.8 Å². The van der Waals surface area contributed by atoms with E-state index in [1.807, 2.05) is 24.3 Å². The van der Waals surface area contributed by atoms with Crippen molar-refractivity contribution in [3.63, 3.8) is 0 Å². The number of hydrogen-bond acceptors (Lipinski definition) is 3. The molecule has 0 radical (unpaired) electrons. The first-order chi connectivity index (χ1) is 12.2. The van der Waals surface area contributed by atoms with Crippen LogP contribution in [0.4, 0.5) is 0 Å². The van der Waals surface area contributed by atoms with E-state index in [9.17, 15) is 4.79 Å². The molecule has 25 heavy (non-hydrogen) atoms. The number of hydrogen-bond donors (Lipinski definition) is 1. The number of para-hydroxylation sites is 2. The van der Waals surface area contributed by atoms with Crippen molar-refractivity contribution in [2.75, 3.05) is 13.2 Å². The predicted molar refractivity (Wildman–Crippen MR) is 94.6 cm³/mol. The van der Waals surface area contributed by atoms with Crippen molar-refractivity contribution in [3.8, 4) is 11.5 Å². The number of amides is 1. The SMILES string of the molecule is O=C(CC12CC3CC(CC(C3)C1)C2)NC[C@@H]1COc2ccccc2O1. The van der Waals surface area contributed by atoms with E-state index in [2.05, 4.69) is 5.32 Å². The van der Waals surface area contributed by atoms with Gasteiger partial charge >= 0.3 is 0 Å². The molecule has 4 aliphatic carbocycles. The van der Waals surface area contributed by atoms with E-state index in [1.165, 1.54) is 38.5 Å². The van der Waals surface area contributed by atoms with Gasteiger partial charge in [0.05, 0.1) is 6.54 Å². The van der Waals surface area contributed by atoms with Crippen LogP contribution in [0, 0.1) is 23.2 Å². The molecule has 1 aliphatic heterocycles. The van der Waals surface area contributed by atoms with Crippen molar-refractivity contribution in [2.24, 2.45) is 23.2 Å². The van der Waals surface area contributed by atoms with E-state index in [0.717, 1.165) is 29.3 Å². The summed E-state index contributed by atoms with van der Waals surface area (Å²) >= 11 is 0. The molecule has 1 aromatic rings. The number of nitrogens with one attached hydrogen (secondary N) is 1. The quantitative estimate of drug-likeness (QED) is 0.911.